The Bertz CT molecular complexity index is 1000. The van der Waals surface area contributed by atoms with Crippen molar-refractivity contribution in [2.24, 2.45) is 0 Å². The molecule has 2 aromatic carbocycles. The summed E-state index contributed by atoms with van der Waals surface area (Å²) in [7, 11) is 0. The number of hydrogen-bond acceptors (Lipinski definition) is 11. The topological polar surface area (TPSA) is 186 Å². The van der Waals surface area contributed by atoms with Crippen molar-refractivity contribution in [2.75, 3.05) is 6.61 Å². The molecule has 1 saturated heterocycles. The molecule has 11 heteroatoms. The van der Waals surface area contributed by atoms with Crippen LogP contribution in [-0.4, -0.2) is 78.8 Å². The van der Waals surface area contributed by atoms with Crippen LogP contribution in [-0.2, 0) is 4.74 Å². The van der Waals surface area contributed by atoms with E-state index in [0.717, 1.165) is 6.07 Å². The zero-order valence-electron chi connectivity index (χ0n) is 16.5. The third kappa shape index (κ3) is 3.80. The molecule has 0 aliphatic carbocycles. The number of aromatic hydroxyl groups is 3. The summed E-state index contributed by atoms with van der Waals surface area (Å²) in [4.78, 5) is 12.9. The summed E-state index contributed by atoms with van der Waals surface area (Å²) in [6.07, 6.45) is -8.89. The van der Waals surface area contributed by atoms with Gasteiger partial charge < -0.3 is 50.0 Å². The molecule has 6 atom stereocenters. The summed E-state index contributed by atoms with van der Waals surface area (Å²) in [6.45, 7) is -0.680. The number of aliphatic hydroxyl groups excluding tert-OH is 4. The van der Waals surface area contributed by atoms with Gasteiger partial charge in [-0.2, -0.15) is 0 Å². The number of ketones is 1. The molecule has 172 valence electrons. The molecule has 32 heavy (non-hydrogen) atoms. The summed E-state index contributed by atoms with van der Waals surface area (Å²) in [5.74, 6) is -2.51. The maximum atomic E-state index is 12.9. The molecular formula is C21H22O11. The predicted octanol–water partition coefficient (Wildman–Crippen LogP) is -0.311. The highest BCUT2D eigenvalue weighted by Crippen LogP contribution is 2.49. The molecule has 2 aliphatic heterocycles. The van der Waals surface area contributed by atoms with Gasteiger partial charge in [-0.1, -0.05) is 12.1 Å². The lowest BCUT2D eigenvalue weighted by molar-refractivity contribution is -0.277. The lowest BCUT2D eigenvalue weighted by atomic mass is 9.94. The van der Waals surface area contributed by atoms with Crippen molar-refractivity contribution >= 4 is 5.78 Å². The maximum Gasteiger partial charge on any atom is 0.229 e. The summed E-state index contributed by atoms with van der Waals surface area (Å²) >= 11 is 0. The highest BCUT2D eigenvalue weighted by molar-refractivity contribution is 6.04. The van der Waals surface area contributed by atoms with Crippen LogP contribution in [0.2, 0.25) is 0 Å². The van der Waals surface area contributed by atoms with Gasteiger partial charge in [0.25, 0.3) is 0 Å². The van der Waals surface area contributed by atoms with Gasteiger partial charge in [0.15, 0.2) is 17.3 Å². The fraction of sp³-hybridized carbons (Fsp3) is 0.381. The summed E-state index contributed by atoms with van der Waals surface area (Å²) < 4.78 is 16.6. The van der Waals surface area contributed by atoms with Crippen LogP contribution in [0.5, 0.6) is 28.7 Å². The molecule has 1 fully saturated rings. The number of fused-ring (bicyclic) bond motifs is 1. The van der Waals surface area contributed by atoms with Gasteiger partial charge in [-0.05, 0) is 17.7 Å². The largest absolute Gasteiger partial charge is 0.508 e. The minimum atomic E-state index is -1.75. The fourth-order valence-corrected chi connectivity index (χ4v) is 3.70. The van der Waals surface area contributed by atoms with Crippen molar-refractivity contribution in [3.8, 4) is 28.7 Å². The summed E-state index contributed by atoms with van der Waals surface area (Å²) in [5.41, 5.74) is 0.327. The standard InChI is InChI=1S/C21H22O11/c22-7-14-17(27)18(28)19(29)21(32-14)31-13-6-11(25)16(26)20-15(13)10(24)5-12(30-20)8-1-3-9(23)4-2-8/h1-4,6,12,14,17-19,21-23,25-29H,5,7H2. The number of hydrogen-bond donors (Lipinski definition) is 7. The molecule has 7 N–H and O–H groups in total. The number of Topliss-reactive ketones (excluding diaryl/α,β-unsaturated/α-hetero) is 1. The Kier molecular flexibility index (Phi) is 5.84. The van der Waals surface area contributed by atoms with Crippen LogP contribution in [0.3, 0.4) is 0 Å². The second kappa shape index (κ2) is 8.45. The normalized spacial score (nSPS) is 29.8. The molecule has 2 aliphatic rings. The molecule has 2 aromatic rings. The van der Waals surface area contributed by atoms with Crippen LogP contribution in [0.25, 0.3) is 0 Å². The molecule has 0 bridgehead atoms. The molecule has 0 spiro atoms. The van der Waals surface area contributed by atoms with Gasteiger partial charge in [-0.15, -0.1) is 0 Å². The molecule has 11 nitrogen and oxygen atoms in total. The number of phenolic OH excluding ortho intramolecular Hbond substituents is 3. The lowest BCUT2D eigenvalue weighted by Gasteiger charge is -2.40. The van der Waals surface area contributed by atoms with Gasteiger partial charge in [-0.3, -0.25) is 4.79 Å². The number of aliphatic hydroxyl groups is 4. The lowest BCUT2D eigenvalue weighted by Crippen LogP contribution is -2.60. The molecule has 2 heterocycles. The molecule has 0 saturated carbocycles. The van der Waals surface area contributed by atoms with Crippen molar-refractivity contribution in [1.29, 1.82) is 0 Å². The van der Waals surface area contributed by atoms with Crippen LogP contribution in [0.15, 0.2) is 30.3 Å². The maximum absolute atomic E-state index is 12.9. The summed E-state index contributed by atoms with van der Waals surface area (Å²) in [6, 6.07) is 6.84. The number of ether oxygens (including phenoxy) is 3. The van der Waals surface area contributed by atoms with Gasteiger partial charge in [0.05, 0.1) is 13.0 Å². The number of carbonyl (C=O) groups excluding carboxylic acids is 1. The Morgan fingerprint density at radius 1 is 1.00 bits per heavy atom. The van der Waals surface area contributed by atoms with Crippen molar-refractivity contribution in [1.82, 2.24) is 0 Å². The minimum Gasteiger partial charge on any atom is -0.508 e. The van der Waals surface area contributed by atoms with E-state index in [2.05, 4.69) is 0 Å². The highest BCUT2D eigenvalue weighted by atomic mass is 16.7. The zero-order chi connectivity index (χ0) is 23.2. The van der Waals surface area contributed by atoms with E-state index in [1.165, 1.54) is 12.1 Å². The first-order chi connectivity index (χ1) is 15.2. The van der Waals surface area contributed by atoms with Crippen LogP contribution in [0, 0.1) is 0 Å². The number of rotatable bonds is 4. The van der Waals surface area contributed by atoms with Gasteiger partial charge in [-0.25, -0.2) is 0 Å². The van der Waals surface area contributed by atoms with Crippen molar-refractivity contribution < 1.29 is 54.8 Å². The molecule has 6 unspecified atom stereocenters. The Labute approximate surface area is 181 Å². The van der Waals surface area contributed by atoms with E-state index in [1.807, 2.05) is 0 Å². The zero-order valence-corrected chi connectivity index (χ0v) is 16.5. The van der Waals surface area contributed by atoms with Crippen molar-refractivity contribution in [3.63, 3.8) is 0 Å². The minimum absolute atomic E-state index is 0.0204. The van der Waals surface area contributed by atoms with Crippen molar-refractivity contribution in [3.05, 3.63) is 41.5 Å². The molecule has 0 radical (unpaired) electrons. The third-order valence-electron chi connectivity index (χ3n) is 5.47. The van der Waals surface area contributed by atoms with Gasteiger partial charge in [0.2, 0.25) is 12.0 Å². The van der Waals surface area contributed by atoms with Crippen LogP contribution in [0.1, 0.15) is 28.4 Å². The van der Waals surface area contributed by atoms with E-state index >= 15 is 0 Å². The average molecular weight is 450 g/mol. The van der Waals surface area contributed by atoms with E-state index in [9.17, 15) is 40.5 Å². The Morgan fingerprint density at radius 3 is 2.34 bits per heavy atom. The van der Waals surface area contributed by atoms with E-state index in [0.29, 0.717) is 5.56 Å². The van der Waals surface area contributed by atoms with E-state index in [1.54, 1.807) is 12.1 Å². The summed E-state index contributed by atoms with van der Waals surface area (Å²) in [5, 5.41) is 69.3. The van der Waals surface area contributed by atoms with Crippen LogP contribution < -0.4 is 9.47 Å². The molecule has 4 rings (SSSR count). The smallest absolute Gasteiger partial charge is 0.229 e. The van der Waals surface area contributed by atoms with Crippen molar-refractivity contribution in [2.45, 2.75) is 43.2 Å². The second-order valence-corrected chi connectivity index (χ2v) is 7.59. The van der Waals surface area contributed by atoms with Gasteiger partial charge in [0, 0.05) is 6.07 Å². The molecule has 0 aromatic heterocycles. The van der Waals surface area contributed by atoms with Gasteiger partial charge >= 0.3 is 0 Å². The Hall–Kier alpha value is -3.09. The Morgan fingerprint density at radius 2 is 1.69 bits per heavy atom. The average Bonchev–Trinajstić information content (AvgIpc) is 2.77. The highest BCUT2D eigenvalue weighted by Gasteiger charge is 2.45. The Balaban J connectivity index is 1.67. The van der Waals surface area contributed by atoms with Crippen LogP contribution >= 0.6 is 0 Å². The third-order valence-corrected chi connectivity index (χ3v) is 5.47. The quantitative estimate of drug-likeness (QED) is 0.303. The predicted molar refractivity (Wildman–Crippen MR) is 105 cm³/mol. The monoisotopic (exact) mass is 450 g/mol. The van der Waals surface area contributed by atoms with Gasteiger partial charge in [0.1, 0.15) is 47.6 Å². The first kappa shape index (κ1) is 22.1. The molecular weight excluding hydrogens is 428 g/mol. The van der Waals surface area contributed by atoms with Crippen LogP contribution in [0.4, 0.5) is 0 Å². The first-order valence-electron chi connectivity index (χ1n) is 9.76. The fourth-order valence-electron chi connectivity index (χ4n) is 3.70. The SMILES string of the molecule is O=C1CC(c2ccc(O)cc2)Oc2c(O)c(O)cc(OC3OC(CO)C(O)C(O)C3O)c21. The first-order valence-corrected chi connectivity index (χ1v) is 9.76. The van der Waals surface area contributed by atoms with E-state index < -0.39 is 60.7 Å². The number of carbonyl (C=O) groups is 1. The van der Waals surface area contributed by atoms with E-state index in [-0.39, 0.29) is 29.2 Å². The van der Waals surface area contributed by atoms with E-state index in [4.69, 9.17) is 14.2 Å². The number of phenols is 3. The number of benzene rings is 2. The molecule has 0 amide bonds. The second-order valence-electron chi connectivity index (χ2n) is 7.59.